The molecular formula is C16H35OPS3. The van der Waals surface area contributed by atoms with Gasteiger partial charge in [0.05, 0.1) is 6.61 Å². The van der Waals surface area contributed by atoms with Crippen molar-refractivity contribution < 1.29 is 4.52 Å². The molecule has 128 valence electrons. The second-order valence-corrected chi connectivity index (χ2v) is 14.7. The van der Waals surface area contributed by atoms with Crippen LogP contribution in [0.1, 0.15) is 96.8 Å². The summed E-state index contributed by atoms with van der Waals surface area (Å²) in [6, 6.07) is 0. The van der Waals surface area contributed by atoms with Crippen LogP contribution in [0.4, 0.5) is 0 Å². The molecule has 0 saturated heterocycles. The lowest BCUT2D eigenvalue weighted by Gasteiger charge is -2.09. The highest BCUT2D eigenvalue weighted by Gasteiger charge is 2.03. The van der Waals surface area contributed by atoms with Gasteiger partial charge in [0.15, 0.2) is 4.67 Å². The minimum atomic E-state index is -2.03. The zero-order valence-corrected chi connectivity index (χ0v) is 17.3. The molecule has 5 heteroatoms. The molecule has 0 bridgehead atoms. The fourth-order valence-corrected chi connectivity index (χ4v) is 3.56. The van der Waals surface area contributed by atoms with Gasteiger partial charge in [-0.1, -0.05) is 90.4 Å². The van der Waals surface area contributed by atoms with Gasteiger partial charge in [0.2, 0.25) is 0 Å². The van der Waals surface area contributed by atoms with Crippen LogP contribution in [0, 0.1) is 0 Å². The molecule has 0 heterocycles. The van der Waals surface area contributed by atoms with Gasteiger partial charge in [0, 0.05) is 0 Å². The van der Waals surface area contributed by atoms with Gasteiger partial charge < -0.3 is 4.52 Å². The van der Waals surface area contributed by atoms with Gasteiger partial charge >= 0.3 is 0 Å². The van der Waals surface area contributed by atoms with E-state index in [1.54, 1.807) is 0 Å². The molecule has 0 fully saturated rings. The highest BCUT2D eigenvalue weighted by molar-refractivity contribution is 8.90. The summed E-state index contributed by atoms with van der Waals surface area (Å²) in [7, 11) is 0. The number of hydrogen-bond acceptors (Lipinski definition) is 2. The molecule has 0 rings (SSSR count). The molecule has 0 N–H and O–H groups in total. The van der Waals surface area contributed by atoms with Crippen LogP contribution in [0.5, 0.6) is 0 Å². The third-order valence-electron chi connectivity index (χ3n) is 3.76. The Morgan fingerprint density at radius 3 is 1.33 bits per heavy atom. The van der Waals surface area contributed by atoms with Crippen LogP contribution in [-0.2, 0) is 16.3 Å². The summed E-state index contributed by atoms with van der Waals surface area (Å²) in [5.74, 6) is 0. The molecule has 0 radical (unpaired) electrons. The van der Waals surface area contributed by atoms with Crippen LogP contribution in [-0.4, -0.2) is 6.61 Å². The summed E-state index contributed by atoms with van der Waals surface area (Å²) in [5, 5.41) is 0. The molecule has 0 aromatic carbocycles. The van der Waals surface area contributed by atoms with Crippen molar-refractivity contribution in [3.05, 3.63) is 0 Å². The van der Waals surface area contributed by atoms with E-state index in [-0.39, 0.29) is 0 Å². The SMILES string of the molecule is CCCCCCCCCCCCCCCCOP(=S)(S)S. The molecule has 21 heavy (non-hydrogen) atoms. The largest absolute Gasteiger partial charge is 0.334 e. The van der Waals surface area contributed by atoms with E-state index in [2.05, 4.69) is 31.4 Å². The first-order valence-corrected chi connectivity index (χ1v) is 13.8. The van der Waals surface area contributed by atoms with Crippen LogP contribution in [0.15, 0.2) is 0 Å². The molecule has 0 aliphatic rings. The zero-order chi connectivity index (χ0) is 15.8. The quantitative estimate of drug-likeness (QED) is 0.165. The lowest BCUT2D eigenvalue weighted by Crippen LogP contribution is -1.88. The first kappa shape index (κ1) is 22.3. The summed E-state index contributed by atoms with van der Waals surface area (Å²) in [6.07, 6.45) is 19.3. The molecule has 0 aromatic heterocycles. The van der Waals surface area contributed by atoms with Crippen molar-refractivity contribution in [1.29, 1.82) is 0 Å². The van der Waals surface area contributed by atoms with Crippen molar-refractivity contribution in [3.8, 4) is 0 Å². The standard InChI is InChI=1S/C16H35OPS3/c1-2-3-4-5-6-7-8-9-10-11-12-13-14-15-16-17-18(19,20)21/h2-16H2,1H3,(H2,19,20,21). The molecule has 0 amide bonds. The van der Waals surface area contributed by atoms with Gasteiger partial charge in [-0.3, -0.25) is 0 Å². The average molecular weight is 371 g/mol. The fourth-order valence-electron chi connectivity index (χ4n) is 2.48. The molecule has 0 aliphatic carbocycles. The van der Waals surface area contributed by atoms with Gasteiger partial charge in [-0.15, -0.1) is 24.5 Å². The summed E-state index contributed by atoms with van der Waals surface area (Å²) < 4.78 is 3.36. The highest BCUT2D eigenvalue weighted by atomic mass is 33.2. The minimum Gasteiger partial charge on any atom is -0.334 e. The maximum Gasteiger partial charge on any atom is 0.168 e. The third-order valence-corrected chi connectivity index (χ3v) is 5.29. The predicted octanol–water partition coefficient (Wildman–Crippen LogP) is 7.57. The van der Waals surface area contributed by atoms with Gasteiger partial charge in [0.25, 0.3) is 0 Å². The number of hydrogen-bond donors (Lipinski definition) is 2. The molecule has 0 aromatic rings. The second-order valence-electron chi connectivity index (χ2n) is 5.92. The topological polar surface area (TPSA) is 9.23 Å². The van der Waals surface area contributed by atoms with Crippen molar-refractivity contribution >= 4 is 41.0 Å². The Kier molecular flexibility index (Phi) is 17.2. The van der Waals surface area contributed by atoms with Crippen molar-refractivity contribution in [2.75, 3.05) is 6.61 Å². The number of thiol groups is 2. The highest BCUT2D eigenvalue weighted by Crippen LogP contribution is 2.56. The zero-order valence-electron chi connectivity index (χ0n) is 13.8. The Morgan fingerprint density at radius 1 is 0.667 bits per heavy atom. The molecule has 0 unspecified atom stereocenters. The summed E-state index contributed by atoms with van der Waals surface area (Å²) in [5.41, 5.74) is 0. The van der Waals surface area contributed by atoms with Gasteiger partial charge in [-0.2, -0.15) is 0 Å². The first-order valence-electron chi connectivity index (χ1n) is 8.76. The van der Waals surface area contributed by atoms with Crippen LogP contribution in [0.3, 0.4) is 0 Å². The van der Waals surface area contributed by atoms with E-state index in [9.17, 15) is 0 Å². The summed E-state index contributed by atoms with van der Waals surface area (Å²) in [6.45, 7) is 3.00. The van der Waals surface area contributed by atoms with Gasteiger partial charge in [-0.05, 0) is 18.2 Å². The Labute approximate surface area is 148 Å². The monoisotopic (exact) mass is 370 g/mol. The van der Waals surface area contributed by atoms with Gasteiger partial charge in [-0.25, -0.2) is 0 Å². The Balaban J connectivity index is 3.01. The molecule has 0 spiro atoms. The number of rotatable bonds is 16. The maximum absolute atomic E-state index is 5.39. The van der Waals surface area contributed by atoms with Crippen molar-refractivity contribution in [1.82, 2.24) is 0 Å². The van der Waals surface area contributed by atoms with E-state index in [0.29, 0.717) is 0 Å². The molecule has 0 saturated carbocycles. The smallest absolute Gasteiger partial charge is 0.168 e. The normalized spacial score (nSPS) is 12.0. The maximum atomic E-state index is 5.39. The number of unbranched alkanes of at least 4 members (excludes halogenated alkanes) is 13. The molecule has 1 nitrogen and oxygen atoms in total. The molecule has 0 atom stereocenters. The summed E-state index contributed by atoms with van der Waals surface area (Å²) >= 11 is 13.3. The first-order chi connectivity index (χ1) is 10.1. The van der Waals surface area contributed by atoms with E-state index < -0.39 is 4.67 Å². The van der Waals surface area contributed by atoms with Crippen LogP contribution in [0.25, 0.3) is 0 Å². The molecular weight excluding hydrogens is 335 g/mol. The predicted molar refractivity (Wildman–Crippen MR) is 109 cm³/mol. The second kappa shape index (κ2) is 16.2. The molecule has 0 aliphatic heterocycles. The van der Waals surface area contributed by atoms with Crippen molar-refractivity contribution in [2.24, 2.45) is 0 Å². The van der Waals surface area contributed by atoms with Crippen molar-refractivity contribution in [3.63, 3.8) is 0 Å². The Morgan fingerprint density at radius 2 is 1.00 bits per heavy atom. The summed E-state index contributed by atoms with van der Waals surface area (Å²) in [4.78, 5) is 0. The van der Waals surface area contributed by atoms with E-state index in [0.717, 1.165) is 13.0 Å². The Hall–Kier alpha value is 1.31. The third kappa shape index (κ3) is 21.3. The fraction of sp³-hybridized carbons (Fsp3) is 1.00. The van der Waals surface area contributed by atoms with E-state index >= 15 is 0 Å². The van der Waals surface area contributed by atoms with E-state index in [4.69, 9.17) is 16.3 Å². The van der Waals surface area contributed by atoms with Crippen LogP contribution < -0.4 is 0 Å². The average Bonchev–Trinajstić information content (AvgIpc) is 2.42. The minimum absolute atomic E-state index is 0.725. The lowest BCUT2D eigenvalue weighted by atomic mass is 10.0. The Bertz CT molecular complexity index is 256. The van der Waals surface area contributed by atoms with Crippen LogP contribution in [0.2, 0.25) is 0 Å². The van der Waals surface area contributed by atoms with E-state index in [1.165, 1.54) is 83.5 Å². The van der Waals surface area contributed by atoms with Crippen LogP contribution >= 0.6 is 29.2 Å². The van der Waals surface area contributed by atoms with Gasteiger partial charge in [0.1, 0.15) is 0 Å². The lowest BCUT2D eigenvalue weighted by molar-refractivity contribution is 0.347. The van der Waals surface area contributed by atoms with E-state index in [1.807, 2.05) is 0 Å². The van der Waals surface area contributed by atoms with Crippen molar-refractivity contribution in [2.45, 2.75) is 96.8 Å².